The molecule has 3 heteroatoms. The van der Waals surface area contributed by atoms with Crippen molar-refractivity contribution < 1.29 is 5.11 Å². The summed E-state index contributed by atoms with van der Waals surface area (Å²) in [5.41, 5.74) is 3.11. The van der Waals surface area contributed by atoms with Crippen LogP contribution in [0.3, 0.4) is 0 Å². The van der Waals surface area contributed by atoms with Gasteiger partial charge in [0, 0.05) is 5.69 Å². The first-order valence-electron chi connectivity index (χ1n) is 4.84. The fourth-order valence-corrected chi connectivity index (χ4v) is 1.83. The van der Waals surface area contributed by atoms with Gasteiger partial charge < -0.3 is 5.11 Å². The highest BCUT2D eigenvalue weighted by atomic mass is 16.3. The molecule has 1 aliphatic carbocycles. The summed E-state index contributed by atoms with van der Waals surface area (Å²) < 4.78 is 0. The normalized spacial score (nSPS) is 16.0. The highest BCUT2D eigenvalue weighted by molar-refractivity contribution is 5.29. The lowest BCUT2D eigenvalue weighted by Gasteiger charge is -2.06. The molecule has 1 unspecified atom stereocenters. The van der Waals surface area contributed by atoms with Gasteiger partial charge in [0.2, 0.25) is 0 Å². The van der Waals surface area contributed by atoms with Gasteiger partial charge >= 0.3 is 0 Å². The van der Waals surface area contributed by atoms with E-state index in [1.54, 1.807) is 0 Å². The number of aliphatic hydroxyl groups excluding tert-OH is 1. The number of nitrogens with zero attached hydrogens (tertiary/aromatic N) is 2. The maximum absolute atomic E-state index is 8.97. The van der Waals surface area contributed by atoms with Gasteiger partial charge in [0.15, 0.2) is 0 Å². The minimum absolute atomic E-state index is 0.151. The van der Waals surface area contributed by atoms with Gasteiger partial charge in [-0.05, 0) is 30.9 Å². The zero-order chi connectivity index (χ0) is 9.97. The Balaban J connectivity index is 2.33. The second-order valence-corrected chi connectivity index (χ2v) is 3.56. The Morgan fingerprint density at radius 3 is 3.07 bits per heavy atom. The molecule has 1 heterocycles. The summed E-state index contributed by atoms with van der Waals surface area (Å²) in [5, 5.41) is 17.7. The molecule has 0 spiro atoms. The van der Waals surface area contributed by atoms with Crippen molar-refractivity contribution in [3.63, 3.8) is 0 Å². The van der Waals surface area contributed by atoms with E-state index in [0.29, 0.717) is 5.69 Å². The van der Waals surface area contributed by atoms with Crippen LogP contribution in [0.4, 0.5) is 0 Å². The van der Waals surface area contributed by atoms with Gasteiger partial charge in [-0.25, -0.2) is 0 Å². The quantitative estimate of drug-likeness (QED) is 0.758. The Hall–Kier alpha value is -1.40. The first kappa shape index (κ1) is 9.17. The van der Waals surface area contributed by atoms with E-state index in [1.807, 2.05) is 18.2 Å². The summed E-state index contributed by atoms with van der Waals surface area (Å²) >= 11 is 0. The number of aliphatic hydroxyl groups is 1. The van der Waals surface area contributed by atoms with Gasteiger partial charge in [-0.2, -0.15) is 5.26 Å². The molecule has 0 aliphatic heterocycles. The molecule has 3 nitrogen and oxygen atoms in total. The van der Waals surface area contributed by atoms with Crippen molar-refractivity contribution in [1.82, 2.24) is 4.98 Å². The van der Waals surface area contributed by atoms with Crippen LogP contribution >= 0.6 is 0 Å². The summed E-state index contributed by atoms with van der Waals surface area (Å²) in [7, 11) is 0. The number of pyridine rings is 1. The van der Waals surface area contributed by atoms with E-state index in [-0.39, 0.29) is 6.61 Å². The summed E-state index contributed by atoms with van der Waals surface area (Å²) in [6.07, 6.45) is 3.26. The number of rotatable bonds is 2. The predicted octanol–water partition coefficient (Wildman–Crippen LogP) is 1.17. The maximum atomic E-state index is 8.97. The molecule has 1 aromatic rings. The van der Waals surface area contributed by atoms with Crippen molar-refractivity contribution in [2.75, 3.05) is 6.61 Å². The van der Waals surface area contributed by atoms with E-state index in [2.05, 4.69) is 4.98 Å². The molecule has 0 aromatic carbocycles. The molecule has 0 bridgehead atoms. The first-order chi connectivity index (χ1) is 6.85. The largest absolute Gasteiger partial charge is 0.395 e. The SMILES string of the molecule is N#CC(CO)c1ccc2c(n1)CCC2. The lowest BCUT2D eigenvalue weighted by atomic mass is 10.1. The average molecular weight is 188 g/mol. The average Bonchev–Trinajstić information content (AvgIpc) is 2.66. The predicted molar refractivity (Wildman–Crippen MR) is 51.7 cm³/mol. The molecule has 0 radical (unpaired) electrons. The Labute approximate surface area is 83.0 Å². The zero-order valence-corrected chi connectivity index (χ0v) is 7.90. The number of fused-ring (bicyclic) bond motifs is 1. The van der Waals surface area contributed by atoms with Crippen molar-refractivity contribution in [1.29, 1.82) is 5.26 Å². The van der Waals surface area contributed by atoms with E-state index in [9.17, 15) is 0 Å². The summed E-state index contributed by atoms with van der Waals surface area (Å²) in [5.74, 6) is -0.471. The number of aryl methyl sites for hydroxylation is 2. The van der Waals surface area contributed by atoms with E-state index in [1.165, 1.54) is 5.56 Å². The number of nitriles is 1. The molecule has 14 heavy (non-hydrogen) atoms. The summed E-state index contributed by atoms with van der Waals surface area (Å²) in [6, 6.07) is 5.93. The molecule has 0 saturated heterocycles. The summed E-state index contributed by atoms with van der Waals surface area (Å²) in [4.78, 5) is 4.41. The van der Waals surface area contributed by atoms with Crippen LogP contribution in [-0.2, 0) is 12.8 Å². The van der Waals surface area contributed by atoms with Crippen LogP contribution in [0, 0.1) is 11.3 Å². The molecule has 0 fully saturated rings. The molecule has 1 aliphatic rings. The van der Waals surface area contributed by atoms with E-state index >= 15 is 0 Å². The number of hydrogen-bond donors (Lipinski definition) is 1. The van der Waals surface area contributed by atoms with Crippen LogP contribution in [0.25, 0.3) is 0 Å². The molecule has 1 aromatic heterocycles. The monoisotopic (exact) mass is 188 g/mol. The smallest absolute Gasteiger partial charge is 0.111 e. The van der Waals surface area contributed by atoms with Crippen LogP contribution in [0.1, 0.15) is 29.3 Å². The second-order valence-electron chi connectivity index (χ2n) is 3.56. The fourth-order valence-electron chi connectivity index (χ4n) is 1.83. The Morgan fingerprint density at radius 2 is 2.36 bits per heavy atom. The fraction of sp³-hybridized carbons (Fsp3) is 0.455. The topological polar surface area (TPSA) is 56.9 Å². The molecule has 0 amide bonds. The van der Waals surface area contributed by atoms with Gasteiger partial charge in [0.25, 0.3) is 0 Å². The van der Waals surface area contributed by atoms with Crippen LogP contribution in [-0.4, -0.2) is 16.7 Å². The van der Waals surface area contributed by atoms with Crippen molar-refractivity contribution >= 4 is 0 Å². The molecular weight excluding hydrogens is 176 g/mol. The third-order valence-corrected chi connectivity index (χ3v) is 2.65. The molecule has 1 atom stereocenters. The molecule has 2 rings (SSSR count). The summed E-state index contributed by atoms with van der Waals surface area (Å²) in [6.45, 7) is -0.151. The minimum Gasteiger partial charge on any atom is -0.395 e. The third kappa shape index (κ3) is 1.49. The lowest BCUT2D eigenvalue weighted by Crippen LogP contribution is -2.05. The molecular formula is C11H12N2O. The lowest BCUT2D eigenvalue weighted by molar-refractivity contribution is 0.284. The van der Waals surface area contributed by atoms with Gasteiger partial charge in [0.1, 0.15) is 5.92 Å². The maximum Gasteiger partial charge on any atom is 0.111 e. The number of hydrogen-bond acceptors (Lipinski definition) is 3. The minimum atomic E-state index is -0.471. The van der Waals surface area contributed by atoms with E-state index in [0.717, 1.165) is 25.0 Å². The van der Waals surface area contributed by atoms with Gasteiger partial charge in [-0.3, -0.25) is 4.98 Å². The van der Waals surface area contributed by atoms with Crippen LogP contribution in [0.2, 0.25) is 0 Å². The highest BCUT2D eigenvalue weighted by Crippen LogP contribution is 2.22. The Kier molecular flexibility index (Phi) is 2.47. The van der Waals surface area contributed by atoms with Crippen molar-refractivity contribution in [2.24, 2.45) is 0 Å². The Bertz CT molecular complexity index is 381. The highest BCUT2D eigenvalue weighted by Gasteiger charge is 2.16. The standard InChI is InChI=1S/C11H12N2O/c12-6-9(7-14)11-5-4-8-2-1-3-10(8)13-11/h4-5,9,14H,1-3,7H2. The van der Waals surface area contributed by atoms with E-state index < -0.39 is 5.92 Å². The Morgan fingerprint density at radius 1 is 1.50 bits per heavy atom. The van der Waals surface area contributed by atoms with Crippen molar-refractivity contribution in [3.8, 4) is 6.07 Å². The van der Waals surface area contributed by atoms with Crippen molar-refractivity contribution in [2.45, 2.75) is 25.2 Å². The molecule has 72 valence electrons. The van der Waals surface area contributed by atoms with Gasteiger partial charge in [-0.1, -0.05) is 6.07 Å². The molecule has 0 saturated carbocycles. The van der Waals surface area contributed by atoms with Crippen LogP contribution < -0.4 is 0 Å². The molecule has 1 N–H and O–H groups in total. The van der Waals surface area contributed by atoms with Gasteiger partial charge in [-0.15, -0.1) is 0 Å². The third-order valence-electron chi connectivity index (χ3n) is 2.65. The van der Waals surface area contributed by atoms with Crippen molar-refractivity contribution in [3.05, 3.63) is 29.1 Å². The van der Waals surface area contributed by atoms with E-state index in [4.69, 9.17) is 10.4 Å². The number of aromatic nitrogens is 1. The second kappa shape index (κ2) is 3.77. The zero-order valence-electron chi connectivity index (χ0n) is 7.90. The van der Waals surface area contributed by atoms with Crippen LogP contribution in [0.5, 0.6) is 0 Å². The van der Waals surface area contributed by atoms with Gasteiger partial charge in [0.05, 0.1) is 18.4 Å². The first-order valence-corrected chi connectivity index (χ1v) is 4.84. The van der Waals surface area contributed by atoms with Crippen LogP contribution in [0.15, 0.2) is 12.1 Å².